The Morgan fingerprint density at radius 1 is 1.04 bits per heavy atom. The molecular formula is C38H43Cl3N8O4S2. The van der Waals surface area contributed by atoms with Crippen molar-refractivity contribution >= 4 is 77.2 Å². The van der Waals surface area contributed by atoms with Crippen LogP contribution in [0.5, 0.6) is 5.75 Å². The minimum Gasteiger partial charge on any atom is -0.492 e. The average Bonchev–Trinajstić information content (AvgIpc) is 3.88. The predicted molar refractivity (Wildman–Crippen MR) is 223 cm³/mol. The van der Waals surface area contributed by atoms with E-state index in [4.69, 9.17) is 32.0 Å². The van der Waals surface area contributed by atoms with E-state index in [1.54, 1.807) is 12.1 Å². The number of hydrogen-bond donors (Lipinski definition) is 4. The monoisotopic (exact) mass is 844 g/mol. The fraction of sp³-hybridized carbons (Fsp3) is 0.368. The number of unbranched alkanes of at least 4 members (excludes halogenated alkanes) is 1. The number of pyridine rings is 1. The first-order valence-electron chi connectivity index (χ1n) is 17.4. The number of nitrogens with zero attached hydrogens (tertiary/aromatic N) is 5. The summed E-state index contributed by atoms with van der Waals surface area (Å²) < 4.78 is 5.97. The summed E-state index contributed by atoms with van der Waals surface area (Å²) in [6, 6.07) is 17.9. The Morgan fingerprint density at radius 3 is 2.35 bits per heavy atom. The highest BCUT2D eigenvalue weighted by atomic mass is 35.5. The smallest absolute Gasteiger partial charge is 0.325 e. The molecule has 12 nitrogen and oxygen atoms in total. The first-order valence-corrected chi connectivity index (χ1v) is 19.6. The van der Waals surface area contributed by atoms with Gasteiger partial charge in [-0.15, -0.1) is 36.2 Å². The van der Waals surface area contributed by atoms with Gasteiger partial charge in [-0.25, -0.2) is 9.97 Å². The van der Waals surface area contributed by atoms with Crippen LogP contribution in [0.4, 0.5) is 5.82 Å². The molecule has 0 aliphatic carbocycles. The van der Waals surface area contributed by atoms with Crippen molar-refractivity contribution in [1.82, 2.24) is 20.6 Å². The van der Waals surface area contributed by atoms with Gasteiger partial charge < -0.3 is 31.1 Å². The van der Waals surface area contributed by atoms with Crippen molar-refractivity contribution in [1.29, 1.82) is 10.5 Å². The Balaban J connectivity index is 0.00000406. The van der Waals surface area contributed by atoms with Gasteiger partial charge in [-0.2, -0.15) is 10.5 Å². The Kier molecular flexibility index (Phi) is 18.5. The molecule has 0 bridgehead atoms. The normalized spacial score (nSPS) is 13.1. The van der Waals surface area contributed by atoms with Crippen LogP contribution in [0.2, 0.25) is 5.02 Å². The fourth-order valence-corrected chi connectivity index (χ4v) is 7.80. The van der Waals surface area contributed by atoms with Crippen LogP contribution in [0.3, 0.4) is 0 Å². The molecule has 17 heteroatoms. The second-order valence-corrected chi connectivity index (χ2v) is 14.7. The van der Waals surface area contributed by atoms with Crippen LogP contribution in [0.1, 0.15) is 55.8 Å². The second-order valence-electron chi connectivity index (χ2n) is 12.5. The molecule has 55 heavy (non-hydrogen) atoms. The van der Waals surface area contributed by atoms with Crippen molar-refractivity contribution in [2.75, 3.05) is 37.7 Å². The van der Waals surface area contributed by atoms with E-state index in [0.717, 1.165) is 48.6 Å². The van der Waals surface area contributed by atoms with Crippen LogP contribution in [0.25, 0.3) is 21.7 Å². The van der Waals surface area contributed by atoms with Gasteiger partial charge in [0, 0.05) is 46.9 Å². The molecule has 1 saturated heterocycles. The number of anilines is 1. The van der Waals surface area contributed by atoms with Crippen molar-refractivity contribution in [3.63, 3.8) is 0 Å². The molecule has 292 valence electrons. The lowest BCUT2D eigenvalue weighted by Crippen LogP contribution is -2.50. The van der Waals surface area contributed by atoms with Gasteiger partial charge in [0.05, 0.1) is 17.3 Å². The average molecular weight is 846 g/mol. The lowest BCUT2D eigenvalue weighted by Gasteiger charge is -2.22. The number of carbonyl (C=O) groups excluding carboxylic acids is 1. The van der Waals surface area contributed by atoms with Crippen LogP contribution in [0, 0.1) is 22.7 Å². The number of nitrogens with two attached hydrogens (primary N) is 1. The molecule has 5 N–H and O–H groups in total. The SMILES string of the molecule is CC(NC(=O)C(CCCCN)NCCOc1ccc(-c2c(C#N)c(SCc3csc(-c4ccc(Cl)cc4)n3)nc(N3CCCC3)c2C#N)cc1)C(=O)O.Cl.Cl. The third kappa shape index (κ3) is 12.2. The molecule has 2 unspecified atom stereocenters. The summed E-state index contributed by atoms with van der Waals surface area (Å²) >= 11 is 9.03. The van der Waals surface area contributed by atoms with E-state index in [2.05, 4.69) is 27.7 Å². The first-order chi connectivity index (χ1) is 25.7. The molecule has 0 saturated carbocycles. The Bertz CT molecular complexity index is 1960. The molecular weight excluding hydrogens is 803 g/mol. The second kappa shape index (κ2) is 22.4. The minimum atomic E-state index is -1.11. The number of nitriles is 2. The Labute approximate surface area is 346 Å². The van der Waals surface area contributed by atoms with Gasteiger partial charge in [0.2, 0.25) is 5.91 Å². The number of carboxylic acids is 1. The summed E-state index contributed by atoms with van der Waals surface area (Å²) in [4.78, 5) is 35.8. The summed E-state index contributed by atoms with van der Waals surface area (Å²) in [5.74, 6) is 0.144. The molecule has 0 spiro atoms. The molecule has 1 fully saturated rings. The summed E-state index contributed by atoms with van der Waals surface area (Å²) in [7, 11) is 0. The molecule has 5 rings (SSSR count). The molecule has 3 heterocycles. The first kappa shape index (κ1) is 45.3. The number of ether oxygens (including phenoxy) is 1. The van der Waals surface area contributed by atoms with E-state index in [1.807, 2.05) is 41.8 Å². The number of amides is 1. The number of thioether (sulfide) groups is 1. The quantitative estimate of drug-likeness (QED) is 0.0590. The van der Waals surface area contributed by atoms with Crippen LogP contribution in [0.15, 0.2) is 58.9 Å². The third-order valence-electron chi connectivity index (χ3n) is 8.67. The molecule has 4 aromatic rings. The van der Waals surface area contributed by atoms with Gasteiger partial charge in [0.15, 0.2) is 0 Å². The zero-order valence-corrected chi connectivity index (χ0v) is 34.1. The van der Waals surface area contributed by atoms with Crippen LogP contribution < -0.4 is 26.0 Å². The number of rotatable bonds is 18. The Morgan fingerprint density at radius 2 is 1.71 bits per heavy atom. The number of benzene rings is 2. The van der Waals surface area contributed by atoms with E-state index in [9.17, 15) is 25.2 Å². The van der Waals surface area contributed by atoms with Gasteiger partial charge in [0.25, 0.3) is 0 Å². The molecule has 1 aliphatic rings. The van der Waals surface area contributed by atoms with Gasteiger partial charge in [-0.3, -0.25) is 9.59 Å². The van der Waals surface area contributed by atoms with Gasteiger partial charge in [-0.05, 0) is 69.0 Å². The number of nitrogens with one attached hydrogen (secondary N) is 2. The molecule has 2 aromatic heterocycles. The van der Waals surface area contributed by atoms with Crippen LogP contribution in [-0.4, -0.2) is 71.8 Å². The van der Waals surface area contributed by atoms with Crippen molar-refractivity contribution in [3.8, 4) is 39.6 Å². The Hall–Kier alpha value is -4.12. The van der Waals surface area contributed by atoms with Gasteiger partial charge in [-0.1, -0.05) is 54.0 Å². The highest BCUT2D eigenvalue weighted by molar-refractivity contribution is 7.98. The maximum atomic E-state index is 12.7. The molecule has 2 atom stereocenters. The standard InChI is InChI=1S/C38H41ClN8O4S2.2ClH/c1-24(38(49)50)44-35(48)32(6-2-3-15-40)43-16-19-51-29-13-9-25(10-14-29)33-30(20-41)34(47-17-4-5-18-47)46-37(31(33)21-42)53-23-28-22-52-36(45-28)26-7-11-27(39)12-8-26;;/h7-14,22,24,32,43H,2-6,15-19,23,40H2,1H3,(H,44,48)(H,49,50);2*1H. The van der Waals surface area contributed by atoms with E-state index in [-0.39, 0.29) is 37.3 Å². The van der Waals surface area contributed by atoms with E-state index >= 15 is 0 Å². The van der Waals surface area contributed by atoms with Gasteiger partial charge in [0.1, 0.15) is 52.0 Å². The zero-order chi connectivity index (χ0) is 37.7. The largest absolute Gasteiger partial charge is 0.492 e. The summed E-state index contributed by atoms with van der Waals surface area (Å²) in [5.41, 5.74) is 9.37. The van der Waals surface area contributed by atoms with Crippen molar-refractivity contribution in [3.05, 3.63) is 75.8 Å². The molecule has 0 radical (unpaired) electrons. The lowest BCUT2D eigenvalue weighted by atomic mass is 9.96. The maximum absolute atomic E-state index is 12.7. The predicted octanol–water partition coefficient (Wildman–Crippen LogP) is 7.06. The number of carbonyl (C=O) groups is 2. The van der Waals surface area contributed by atoms with E-state index < -0.39 is 18.1 Å². The van der Waals surface area contributed by atoms with E-state index in [0.29, 0.717) is 75.6 Å². The van der Waals surface area contributed by atoms with Crippen molar-refractivity contribution < 1.29 is 19.4 Å². The maximum Gasteiger partial charge on any atom is 0.325 e. The van der Waals surface area contributed by atoms with Crippen LogP contribution >= 0.6 is 59.5 Å². The van der Waals surface area contributed by atoms with Crippen LogP contribution in [-0.2, 0) is 15.3 Å². The summed E-state index contributed by atoms with van der Waals surface area (Å²) in [5, 5.41) is 39.9. The topological polar surface area (TPSA) is 190 Å². The third-order valence-corrected chi connectivity index (χ3v) is 10.9. The number of halogens is 3. The molecule has 1 amide bonds. The minimum absolute atomic E-state index is 0. The van der Waals surface area contributed by atoms with E-state index in [1.165, 1.54) is 30.0 Å². The lowest BCUT2D eigenvalue weighted by molar-refractivity contribution is -0.141. The number of aromatic nitrogens is 2. The van der Waals surface area contributed by atoms with Crippen molar-refractivity contribution in [2.45, 2.75) is 61.9 Å². The summed E-state index contributed by atoms with van der Waals surface area (Å²) in [6.45, 7) is 4.07. The van der Waals surface area contributed by atoms with Crippen molar-refractivity contribution in [2.24, 2.45) is 5.73 Å². The molecule has 1 aliphatic heterocycles. The number of aliphatic carboxylic acids is 1. The molecule has 2 aromatic carbocycles. The number of thiazole rings is 1. The highest BCUT2D eigenvalue weighted by Gasteiger charge is 2.27. The fourth-order valence-electron chi connectivity index (χ4n) is 5.87. The number of carboxylic acid groups (broad SMARTS) is 1. The summed E-state index contributed by atoms with van der Waals surface area (Å²) in [6.07, 6.45) is 3.97. The zero-order valence-electron chi connectivity index (χ0n) is 30.1. The highest BCUT2D eigenvalue weighted by Crippen LogP contribution is 2.40. The van der Waals surface area contributed by atoms with Gasteiger partial charge >= 0.3 is 5.97 Å². The number of hydrogen-bond acceptors (Lipinski definition) is 12.